The number of anilines is 1. The van der Waals surface area contributed by atoms with Gasteiger partial charge in [-0.3, -0.25) is 4.79 Å². The normalized spacial score (nSPS) is 9.88. The van der Waals surface area contributed by atoms with Gasteiger partial charge in [0.2, 0.25) is 11.8 Å². The Kier molecular flexibility index (Phi) is 4.50. The Labute approximate surface area is 93.9 Å². The SMILES string of the molecule is CCOc1ccnc(N(C)CCC(=O)O)n1. The molecule has 1 aromatic heterocycles. The van der Waals surface area contributed by atoms with Gasteiger partial charge in [0.15, 0.2) is 0 Å². The van der Waals surface area contributed by atoms with E-state index in [4.69, 9.17) is 9.84 Å². The molecule has 0 saturated heterocycles. The van der Waals surface area contributed by atoms with E-state index in [-0.39, 0.29) is 6.42 Å². The van der Waals surface area contributed by atoms with Crippen LogP contribution >= 0.6 is 0 Å². The van der Waals surface area contributed by atoms with Crippen LogP contribution < -0.4 is 9.64 Å². The first-order chi connectivity index (χ1) is 7.63. The van der Waals surface area contributed by atoms with Gasteiger partial charge in [-0.25, -0.2) is 4.98 Å². The Balaban J connectivity index is 2.63. The minimum atomic E-state index is -0.840. The van der Waals surface area contributed by atoms with Crippen molar-refractivity contribution < 1.29 is 14.6 Å². The molecule has 1 aromatic rings. The molecule has 0 unspecified atom stereocenters. The Bertz CT molecular complexity index is 357. The highest BCUT2D eigenvalue weighted by Gasteiger charge is 2.07. The number of aliphatic carboxylic acids is 1. The third-order valence-electron chi connectivity index (χ3n) is 1.91. The van der Waals surface area contributed by atoms with Crippen LogP contribution in [0.5, 0.6) is 5.88 Å². The molecule has 0 amide bonds. The van der Waals surface area contributed by atoms with Crippen LogP contribution in [0.1, 0.15) is 13.3 Å². The second-order valence-electron chi connectivity index (χ2n) is 3.19. The molecular formula is C10H15N3O3. The predicted molar refractivity (Wildman–Crippen MR) is 58.7 cm³/mol. The number of carboxylic acid groups (broad SMARTS) is 1. The predicted octanol–water partition coefficient (Wildman–Crippen LogP) is 0.786. The number of aromatic nitrogens is 2. The maximum atomic E-state index is 10.4. The molecule has 1 N–H and O–H groups in total. The lowest BCUT2D eigenvalue weighted by Crippen LogP contribution is -2.23. The van der Waals surface area contributed by atoms with Crippen LogP contribution in [0.4, 0.5) is 5.95 Å². The van der Waals surface area contributed by atoms with Crippen molar-refractivity contribution >= 4 is 11.9 Å². The molecule has 0 atom stereocenters. The zero-order valence-electron chi connectivity index (χ0n) is 9.38. The lowest BCUT2D eigenvalue weighted by atomic mass is 10.4. The van der Waals surface area contributed by atoms with Crippen LogP contribution in [-0.4, -0.2) is 41.2 Å². The Morgan fingerprint density at radius 1 is 1.62 bits per heavy atom. The number of hydrogen-bond donors (Lipinski definition) is 1. The third kappa shape index (κ3) is 3.72. The first kappa shape index (κ1) is 12.2. The van der Waals surface area contributed by atoms with E-state index in [2.05, 4.69) is 9.97 Å². The van der Waals surface area contributed by atoms with Gasteiger partial charge in [-0.15, -0.1) is 0 Å². The molecule has 1 heterocycles. The van der Waals surface area contributed by atoms with Crippen LogP contribution in [0.25, 0.3) is 0 Å². The van der Waals surface area contributed by atoms with Gasteiger partial charge < -0.3 is 14.7 Å². The molecule has 0 spiro atoms. The molecule has 0 fully saturated rings. The number of carboxylic acids is 1. The molecular weight excluding hydrogens is 210 g/mol. The molecule has 0 bridgehead atoms. The number of hydrogen-bond acceptors (Lipinski definition) is 5. The number of ether oxygens (including phenoxy) is 1. The summed E-state index contributed by atoms with van der Waals surface area (Å²) in [5.74, 6) is 0.120. The Morgan fingerprint density at radius 2 is 2.38 bits per heavy atom. The highest BCUT2D eigenvalue weighted by Crippen LogP contribution is 2.11. The van der Waals surface area contributed by atoms with E-state index in [1.54, 1.807) is 24.2 Å². The fourth-order valence-corrected chi connectivity index (χ4v) is 1.11. The van der Waals surface area contributed by atoms with Crippen LogP contribution in [0.15, 0.2) is 12.3 Å². The summed E-state index contributed by atoms with van der Waals surface area (Å²) >= 11 is 0. The largest absolute Gasteiger partial charge is 0.481 e. The summed E-state index contributed by atoms with van der Waals surface area (Å²) in [6, 6.07) is 1.66. The molecule has 0 aromatic carbocycles. The fraction of sp³-hybridized carbons (Fsp3) is 0.500. The maximum absolute atomic E-state index is 10.4. The average Bonchev–Trinajstić information content (AvgIpc) is 2.26. The molecule has 0 aliphatic heterocycles. The van der Waals surface area contributed by atoms with Crippen LogP contribution in [-0.2, 0) is 4.79 Å². The lowest BCUT2D eigenvalue weighted by molar-refractivity contribution is -0.136. The summed E-state index contributed by atoms with van der Waals surface area (Å²) in [5, 5.41) is 8.56. The van der Waals surface area contributed by atoms with E-state index in [1.165, 1.54) is 0 Å². The molecule has 0 aliphatic rings. The van der Waals surface area contributed by atoms with Crippen molar-refractivity contribution in [2.75, 3.05) is 25.1 Å². The molecule has 6 heteroatoms. The molecule has 6 nitrogen and oxygen atoms in total. The Morgan fingerprint density at radius 3 is 3.00 bits per heavy atom. The van der Waals surface area contributed by atoms with Crippen LogP contribution in [0, 0.1) is 0 Å². The highest BCUT2D eigenvalue weighted by molar-refractivity contribution is 5.67. The van der Waals surface area contributed by atoms with Crippen molar-refractivity contribution in [3.63, 3.8) is 0 Å². The van der Waals surface area contributed by atoms with Gasteiger partial charge in [0.05, 0.1) is 13.0 Å². The molecule has 0 saturated carbocycles. The zero-order valence-corrected chi connectivity index (χ0v) is 9.38. The molecule has 1 rings (SSSR count). The van der Waals surface area contributed by atoms with Gasteiger partial charge in [-0.2, -0.15) is 4.98 Å². The van der Waals surface area contributed by atoms with E-state index in [0.29, 0.717) is 25.0 Å². The molecule has 0 aliphatic carbocycles. The molecule has 0 radical (unpaired) electrons. The smallest absolute Gasteiger partial charge is 0.305 e. The van der Waals surface area contributed by atoms with Gasteiger partial charge in [0.1, 0.15) is 0 Å². The summed E-state index contributed by atoms with van der Waals surface area (Å²) < 4.78 is 5.23. The van der Waals surface area contributed by atoms with Gasteiger partial charge in [0.25, 0.3) is 0 Å². The van der Waals surface area contributed by atoms with Crippen LogP contribution in [0.2, 0.25) is 0 Å². The first-order valence-corrected chi connectivity index (χ1v) is 5.02. The minimum Gasteiger partial charge on any atom is -0.481 e. The zero-order chi connectivity index (χ0) is 12.0. The molecule has 16 heavy (non-hydrogen) atoms. The monoisotopic (exact) mass is 225 g/mol. The second-order valence-corrected chi connectivity index (χ2v) is 3.19. The van der Waals surface area contributed by atoms with E-state index in [0.717, 1.165) is 0 Å². The van der Waals surface area contributed by atoms with E-state index < -0.39 is 5.97 Å². The minimum absolute atomic E-state index is 0.0543. The van der Waals surface area contributed by atoms with E-state index in [9.17, 15) is 4.79 Å². The standard InChI is InChI=1S/C10H15N3O3/c1-3-16-8-4-6-11-10(12-8)13(2)7-5-9(14)15/h4,6H,3,5,7H2,1-2H3,(H,14,15). The molecule has 88 valence electrons. The summed E-state index contributed by atoms with van der Waals surface area (Å²) in [6.45, 7) is 2.77. The van der Waals surface area contributed by atoms with Crippen molar-refractivity contribution in [3.05, 3.63) is 12.3 Å². The number of nitrogens with zero attached hydrogens (tertiary/aromatic N) is 3. The third-order valence-corrected chi connectivity index (χ3v) is 1.91. The average molecular weight is 225 g/mol. The first-order valence-electron chi connectivity index (χ1n) is 5.02. The Hall–Kier alpha value is -1.85. The summed E-state index contributed by atoms with van der Waals surface area (Å²) in [7, 11) is 1.74. The number of carbonyl (C=O) groups is 1. The summed E-state index contributed by atoms with van der Waals surface area (Å²) in [4.78, 5) is 20.3. The summed E-state index contributed by atoms with van der Waals surface area (Å²) in [6.07, 6.45) is 1.64. The lowest BCUT2D eigenvalue weighted by Gasteiger charge is -2.15. The van der Waals surface area contributed by atoms with Crippen molar-refractivity contribution in [1.29, 1.82) is 0 Å². The number of rotatable bonds is 6. The van der Waals surface area contributed by atoms with E-state index in [1.807, 2.05) is 6.92 Å². The van der Waals surface area contributed by atoms with Gasteiger partial charge >= 0.3 is 5.97 Å². The van der Waals surface area contributed by atoms with Crippen molar-refractivity contribution in [1.82, 2.24) is 9.97 Å². The van der Waals surface area contributed by atoms with E-state index >= 15 is 0 Å². The van der Waals surface area contributed by atoms with Gasteiger partial charge in [-0.05, 0) is 6.92 Å². The topological polar surface area (TPSA) is 75.5 Å². The van der Waals surface area contributed by atoms with Crippen molar-refractivity contribution in [2.45, 2.75) is 13.3 Å². The quantitative estimate of drug-likeness (QED) is 0.771. The van der Waals surface area contributed by atoms with Crippen molar-refractivity contribution in [3.8, 4) is 5.88 Å². The highest BCUT2D eigenvalue weighted by atomic mass is 16.5. The van der Waals surface area contributed by atoms with Gasteiger partial charge in [0, 0.05) is 25.9 Å². The fourth-order valence-electron chi connectivity index (χ4n) is 1.11. The van der Waals surface area contributed by atoms with Gasteiger partial charge in [-0.1, -0.05) is 0 Å². The summed E-state index contributed by atoms with van der Waals surface area (Å²) in [5.41, 5.74) is 0. The van der Waals surface area contributed by atoms with Crippen LogP contribution in [0.3, 0.4) is 0 Å². The second kappa shape index (κ2) is 5.89. The van der Waals surface area contributed by atoms with Crippen molar-refractivity contribution in [2.24, 2.45) is 0 Å². The maximum Gasteiger partial charge on any atom is 0.305 e.